The first-order valence-corrected chi connectivity index (χ1v) is 8.74. The zero-order chi connectivity index (χ0) is 19.4. The van der Waals surface area contributed by atoms with Crippen molar-refractivity contribution in [3.8, 4) is 0 Å². The number of aryl methyl sites for hydroxylation is 2. The number of aromatic nitrogens is 2. The number of esters is 2. The number of rotatable bonds is 3. The Bertz CT molecular complexity index is 713. The Morgan fingerprint density at radius 3 is 2.28 bits per heavy atom. The summed E-state index contributed by atoms with van der Waals surface area (Å²) in [5.74, 6) is -0.792. The molecule has 0 atom stereocenters. The standard InChI is InChI=1S/C9H9IN2.C4H7NO2.C4H8O2/c1-6-3-4-8-7(5-6)9(10)11-12(8)2;1-2-7-4(6)3-5;1-3-6-4(2)5/h3-5H,1-2H3;3,5H,2H2,1H3;3H2,1-2H3. The van der Waals surface area contributed by atoms with Crippen LogP contribution >= 0.6 is 22.6 Å². The number of benzene rings is 1. The van der Waals surface area contributed by atoms with Gasteiger partial charge in [0, 0.05) is 19.4 Å². The largest absolute Gasteiger partial charge is 0.466 e. The minimum Gasteiger partial charge on any atom is -0.466 e. The number of fused-ring (bicyclic) bond motifs is 1. The molecule has 1 N–H and O–H groups in total. The normalized spacial score (nSPS) is 9.20. The van der Waals surface area contributed by atoms with Crippen molar-refractivity contribution in [2.45, 2.75) is 27.7 Å². The van der Waals surface area contributed by atoms with E-state index in [-0.39, 0.29) is 5.97 Å². The van der Waals surface area contributed by atoms with Crippen molar-refractivity contribution in [1.82, 2.24) is 9.78 Å². The van der Waals surface area contributed by atoms with Gasteiger partial charge in [0.25, 0.3) is 0 Å². The predicted octanol–water partition coefficient (Wildman–Crippen LogP) is 3.25. The molecule has 0 radical (unpaired) electrons. The van der Waals surface area contributed by atoms with Crippen molar-refractivity contribution >= 4 is 51.6 Å². The van der Waals surface area contributed by atoms with Gasteiger partial charge in [-0.2, -0.15) is 5.10 Å². The van der Waals surface area contributed by atoms with Crippen LogP contribution in [0.1, 0.15) is 26.3 Å². The number of carbonyl (C=O) groups is 2. The first-order valence-electron chi connectivity index (χ1n) is 7.66. The highest BCUT2D eigenvalue weighted by Crippen LogP contribution is 2.20. The fourth-order valence-electron chi connectivity index (χ4n) is 1.72. The van der Waals surface area contributed by atoms with E-state index in [0.717, 1.165) is 3.70 Å². The molecule has 0 aliphatic carbocycles. The molecule has 0 aliphatic heterocycles. The van der Waals surface area contributed by atoms with Gasteiger partial charge in [-0.1, -0.05) is 11.6 Å². The van der Waals surface area contributed by atoms with Crippen molar-refractivity contribution in [2.24, 2.45) is 7.05 Å². The topological polar surface area (TPSA) is 94.3 Å². The number of hydrogen-bond acceptors (Lipinski definition) is 6. The van der Waals surface area contributed by atoms with Crippen LogP contribution in [0.25, 0.3) is 10.9 Å². The van der Waals surface area contributed by atoms with Gasteiger partial charge in [0.15, 0.2) is 0 Å². The second-order valence-electron chi connectivity index (χ2n) is 4.76. The van der Waals surface area contributed by atoms with Crippen LogP contribution in [0, 0.1) is 16.0 Å². The maximum absolute atomic E-state index is 9.95. The molecule has 8 heteroatoms. The van der Waals surface area contributed by atoms with Gasteiger partial charge in [0.1, 0.15) is 9.92 Å². The minimum absolute atomic E-state index is 0.211. The summed E-state index contributed by atoms with van der Waals surface area (Å²) in [4.78, 5) is 19.8. The molecule has 0 aliphatic rings. The van der Waals surface area contributed by atoms with Gasteiger partial charge < -0.3 is 14.9 Å². The molecule has 0 saturated carbocycles. The Labute approximate surface area is 161 Å². The van der Waals surface area contributed by atoms with Gasteiger partial charge >= 0.3 is 11.9 Å². The molecule has 1 aromatic heterocycles. The molecule has 25 heavy (non-hydrogen) atoms. The fraction of sp³-hybridized carbons (Fsp3) is 0.412. The van der Waals surface area contributed by atoms with E-state index in [4.69, 9.17) is 5.41 Å². The summed E-state index contributed by atoms with van der Waals surface area (Å²) in [5.41, 5.74) is 2.48. The molecule has 0 unspecified atom stereocenters. The van der Waals surface area contributed by atoms with Gasteiger partial charge in [-0.3, -0.25) is 9.48 Å². The molecule has 138 valence electrons. The summed E-state index contributed by atoms with van der Waals surface area (Å²) in [6, 6.07) is 6.39. The molecule has 0 bridgehead atoms. The number of carbonyl (C=O) groups excluding carboxylic acids is 2. The van der Waals surface area contributed by atoms with E-state index in [9.17, 15) is 9.59 Å². The third-order valence-electron chi connectivity index (χ3n) is 2.71. The zero-order valence-electron chi connectivity index (χ0n) is 15.1. The fourth-order valence-corrected chi connectivity index (χ4v) is 2.48. The molecular weight excluding hydrogens is 437 g/mol. The van der Waals surface area contributed by atoms with E-state index in [1.165, 1.54) is 23.4 Å². The monoisotopic (exact) mass is 461 g/mol. The highest BCUT2D eigenvalue weighted by molar-refractivity contribution is 14.1. The van der Waals surface area contributed by atoms with E-state index in [2.05, 4.69) is 62.3 Å². The molecule has 7 nitrogen and oxygen atoms in total. The van der Waals surface area contributed by atoms with Crippen molar-refractivity contribution in [1.29, 1.82) is 5.41 Å². The molecule has 0 fully saturated rings. The summed E-state index contributed by atoms with van der Waals surface area (Å²) in [6.07, 6.45) is 0.642. The Balaban J connectivity index is 0.000000383. The van der Waals surface area contributed by atoms with E-state index in [0.29, 0.717) is 19.4 Å². The molecule has 1 heterocycles. The predicted molar refractivity (Wildman–Crippen MR) is 106 cm³/mol. The van der Waals surface area contributed by atoms with Crippen molar-refractivity contribution in [3.05, 3.63) is 27.5 Å². The van der Waals surface area contributed by atoms with Crippen LogP contribution in [0.2, 0.25) is 0 Å². The van der Waals surface area contributed by atoms with Crippen LogP contribution in [0.3, 0.4) is 0 Å². The van der Waals surface area contributed by atoms with E-state index >= 15 is 0 Å². The number of hydrogen-bond donors (Lipinski definition) is 1. The second kappa shape index (κ2) is 12.4. The summed E-state index contributed by atoms with van der Waals surface area (Å²) < 4.78 is 11.7. The number of halogens is 1. The molecule has 0 saturated heterocycles. The summed E-state index contributed by atoms with van der Waals surface area (Å²) in [5, 5.41) is 11.9. The first kappa shape index (κ1) is 23.0. The average molecular weight is 461 g/mol. The van der Waals surface area contributed by atoms with Crippen molar-refractivity contribution in [2.75, 3.05) is 13.2 Å². The average Bonchev–Trinajstić information content (AvgIpc) is 2.82. The van der Waals surface area contributed by atoms with Gasteiger partial charge in [-0.25, -0.2) is 4.79 Å². The van der Waals surface area contributed by atoms with Crippen LogP contribution in [0.15, 0.2) is 18.2 Å². The third kappa shape index (κ3) is 9.18. The second-order valence-corrected chi connectivity index (χ2v) is 5.78. The Hall–Kier alpha value is -1.97. The maximum atomic E-state index is 9.95. The van der Waals surface area contributed by atoms with Gasteiger partial charge in [-0.05, 0) is 55.5 Å². The highest BCUT2D eigenvalue weighted by atomic mass is 127. The van der Waals surface area contributed by atoms with Crippen LogP contribution < -0.4 is 0 Å². The van der Waals surface area contributed by atoms with Gasteiger partial charge in [0.05, 0.1) is 18.7 Å². The number of nitrogens with zero attached hydrogens (tertiary/aromatic N) is 2. The lowest BCUT2D eigenvalue weighted by molar-refractivity contribution is -0.140. The number of nitrogens with one attached hydrogen (secondary N) is 1. The molecular formula is C17H24IN3O4. The number of ether oxygens (including phenoxy) is 2. The van der Waals surface area contributed by atoms with Gasteiger partial charge in [-0.15, -0.1) is 0 Å². The summed E-state index contributed by atoms with van der Waals surface area (Å²) in [7, 11) is 1.97. The Morgan fingerprint density at radius 2 is 1.88 bits per heavy atom. The van der Waals surface area contributed by atoms with E-state index in [1.807, 2.05) is 11.7 Å². The van der Waals surface area contributed by atoms with E-state index < -0.39 is 5.97 Å². The summed E-state index contributed by atoms with van der Waals surface area (Å²) >= 11 is 2.26. The zero-order valence-corrected chi connectivity index (χ0v) is 17.3. The summed E-state index contributed by atoms with van der Waals surface area (Å²) in [6.45, 7) is 7.79. The van der Waals surface area contributed by atoms with Crippen LogP contribution in [0.5, 0.6) is 0 Å². The molecule has 0 spiro atoms. The lowest BCUT2D eigenvalue weighted by atomic mass is 10.2. The van der Waals surface area contributed by atoms with E-state index in [1.54, 1.807) is 13.8 Å². The third-order valence-corrected chi connectivity index (χ3v) is 3.51. The lowest BCUT2D eigenvalue weighted by Crippen LogP contribution is -2.02. The first-order chi connectivity index (χ1) is 11.8. The Morgan fingerprint density at radius 1 is 1.28 bits per heavy atom. The highest BCUT2D eigenvalue weighted by Gasteiger charge is 2.04. The molecule has 1 aromatic carbocycles. The Kier molecular flexibility index (Phi) is 11.4. The quantitative estimate of drug-likeness (QED) is 0.430. The van der Waals surface area contributed by atoms with Crippen molar-refractivity contribution < 1.29 is 19.1 Å². The minimum atomic E-state index is -0.581. The van der Waals surface area contributed by atoms with Gasteiger partial charge in [0.2, 0.25) is 0 Å². The lowest BCUT2D eigenvalue weighted by Gasteiger charge is -1.94. The van der Waals surface area contributed by atoms with Crippen LogP contribution in [-0.4, -0.2) is 41.1 Å². The molecule has 2 rings (SSSR count). The van der Waals surface area contributed by atoms with Crippen LogP contribution in [-0.2, 0) is 26.1 Å². The molecule has 2 aromatic rings. The van der Waals surface area contributed by atoms with Crippen molar-refractivity contribution in [3.63, 3.8) is 0 Å². The maximum Gasteiger partial charge on any atom is 0.348 e. The van der Waals surface area contributed by atoms with Crippen LogP contribution in [0.4, 0.5) is 0 Å². The SMILES string of the molecule is CCOC(=O)C=N.CCOC(C)=O.Cc1ccc2c(c1)c(I)nn2C. The smallest absolute Gasteiger partial charge is 0.348 e. The molecule has 0 amide bonds.